The van der Waals surface area contributed by atoms with Crippen LogP contribution in [0.4, 0.5) is 0 Å². The number of rotatable bonds is 0. The summed E-state index contributed by atoms with van der Waals surface area (Å²) < 4.78 is 0. The maximum atomic E-state index is 10.5. The number of hydrogen-bond donors (Lipinski definition) is 0. The first-order valence-corrected chi connectivity index (χ1v) is 3.91. The standard InChI is InChI=1S/C9H18NO/c1-8(2,3)7(10-11)9(4,5)6/h1-6H3. The molecule has 0 bridgehead atoms. The Morgan fingerprint density at radius 1 is 0.909 bits per heavy atom. The molecule has 2 nitrogen and oxygen atoms in total. The molecule has 0 amide bonds. The van der Waals surface area contributed by atoms with Crippen LogP contribution in [0.1, 0.15) is 41.5 Å². The van der Waals surface area contributed by atoms with Gasteiger partial charge in [-0.05, 0) is 5.16 Å². The van der Waals surface area contributed by atoms with E-state index in [-0.39, 0.29) is 10.8 Å². The van der Waals surface area contributed by atoms with Crippen LogP contribution in [0.2, 0.25) is 0 Å². The molecule has 11 heavy (non-hydrogen) atoms. The third kappa shape index (κ3) is 2.91. The molecule has 0 rings (SSSR count). The summed E-state index contributed by atoms with van der Waals surface area (Å²) in [7, 11) is 0. The van der Waals surface area contributed by atoms with Gasteiger partial charge in [-0.3, -0.25) is 0 Å². The quantitative estimate of drug-likeness (QED) is 0.381. The van der Waals surface area contributed by atoms with Gasteiger partial charge in [-0.1, -0.05) is 41.5 Å². The zero-order valence-electron chi connectivity index (χ0n) is 8.36. The molecule has 0 unspecified atom stereocenters. The summed E-state index contributed by atoms with van der Waals surface area (Å²) in [5.74, 6) is 0. The molecule has 1 radical (unpaired) electrons. The molecule has 0 spiro atoms. The lowest BCUT2D eigenvalue weighted by atomic mass is 9.75. The van der Waals surface area contributed by atoms with Crippen molar-refractivity contribution in [2.24, 2.45) is 16.0 Å². The minimum atomic E-state index is -0.111. The molecule has 0 aromatic heterocycles. The molecule has 2 heteroatoms. The highest BCUT2D eigenvalue weighted by molar-refractivity contribution is 5.93. The van der Waals surface area contributed by atoms with Gasteiger partial charge in [0.15, 0.2) is 0 Å². The molecule has 0 aliphatic carbocycles. The Bertz CT molecular complexity index is 141. The normalized spacial score (nSPS) is 12.9. The fourth-order valence-electron chi connectivity index (χ4n) is 1.40. The van der Waals surface area contributed by atoms with E-state index in [0.29, 0.717) is 0 Å². The van der Waals surface area contributed by atoms with Gasteiger partial charge in [-0.2, -0.15) is 0 Å². The van der Waals surface area contributed by atoms with Gasteiger partial charge in [-0.15, -0.1) is 5.21 Å². The van der Waals surface area contributed by atoms with Crippen molar-refractivity contribution >= 4 is 5.71 Å². The summed E-state index contributed by atoms with van der Waals surface area (Å²) in [6, 6.07) is 0. The summed E-state index contributed by atoms with van der Waals surface area (Å²) in [4.78, 5) is 0. The van der Waals surface area contributed by atoms with Crippen LogP contribution in [0.3, 0.4) is 0 Å². The van der Waals surface area contributed by atoms with E-state index in [1.54, 1.807) is 0 Å². The van der Waals surface area contributed by atoms with Crippen molar-refractivity contribution in [3.05, 3.63) is 0 Å². The first kappa shape index (κ1) is 10.5. The van der Waals surface area contributed by atoms with Crippen LogP contribution >= 0.6 is 0 Å². The fraction of sp³-hybridized carbons (Fsp3) is 0.889. The average molecular weight is 156 g/mol. The molecule has 0 atom stereocenters. The summed E-state index contributed by atoms with van der Waals surface area (Å²) in [6.45, 7) is 12.1. The van der Waals surface area contributed by atoms with Gasteiger partial charge in [0.05, 0.1) is 5.71 Å². The van der Waals surface area contributed by atoms with E-state index in [2.05, 4.69) is 5.16 Å². The third-order valence-electron chi connectivity index (χ3n) is 1.51. The molecular formula is C9H18NO. The Morgan fingerprint density at radius 3 is 1.18 bits per heavy atom. The van der Waals surface area contributed by atoms with Crippen LogP contribution in [0.5, 0.6) is 0 Å². The molecule has 0 aliphatic rings. The van der Waals surface area contributed by atoms with Gasteiger partial charge in [0.25, 0.3) is 0 Å². The zero-order valence-corrected chi connectivity index (χ0v) is 8.36. The van der Waals surface area contributed by atoms with Gasteiger partial charge in [0.2, 0.25) is 0 Å². The van der Waals surface area contributed by atoms with Gasteiger partial charge >= 0.3 is 0 Å². The predicted octanol–water partition coefficient (Wildman–Crippen LogP) is 2.87. The number of nitrogens with zero attached hydrogens (tertiary/aromatic N) is 1. The van der Waals surface area contributed by atoms with E-state index in [1.165, 1.54) is 0 Å². The van der Waals surface area contributed by atoms with Crippen molar-refractivity contribution in [1.82, 2.24) is 0 Å². The SMILES string of the molecule is CC(C)(C)C(=N[O])C(C)(C)C. The van der Waals surface area contributed by atoms with Crippen LogP contribution in [0.25, 0.3) is 0 Å². The third-order valence-corrected chi connectivity index (χ3v) is 1.51. The van der Waals surface area contributed by atoms with Crippen molar-refractivity contribution in [2.75, 3.05) is 0 Å². The number of hydrogen-bond acceptors (Lipinski definition) is 1. The van der Waals surface area contributed by atoms with E-state index >= 15 is 0 Å². The maximum absolute atomic E-state index is 10.5. The van der Waals surface area contributed by atoms with Gasteiger partial charge in [-0.25, -0.2) is 0 Å². The second kappa shape index (κ2) is 2.84. The van der Waals surface area contributed by atoms with E-state index in [0.717, 1.165) is 5.71 Å². The van der Waals surface area contributed by atoms with Crippen molar-refractivity contribution in [3.63, 3.8) is 0 Å². The Hall–Kier alpha value is -0.530. The minimum Gasteiger partial charge on any atom is -0.145 e. The predicted molar refractivity (Wildman–Crippen MR) is 47.0 cm³/mol. The minimum absolute atomic E-state index is 0.111. The average Bonchev–Trinajstić information content (AvgIpc) is 1.56. The van der Waals surface area contributed by atoms with Gasteiger partial charge in [0.1, 0.15) is 0 Å². The van der Waals surface area contributed by atoms with Crippen LogP contribution in [0, 0.1) is 10.8 Å². The van der Waals surface area contributed by atoms with Gasteiger partial charge < -0.3 is 0 Å². The molecule has 0 fully saturated rings. The lowest BCUT2D eigenvalue weighted by Gasteiger charge is -2.29. The van der Waals surface area contributed by atoms with Crippen molar-refractivity contribution in [3.8, 4) is 0 Å². The Balaban J connectivity index is 4.74. The molecule has 0 heterocycles. The molecule has 0 saturated carbocycles. The molecule has 65 valence electrons. The van der Waals surface area contributed by atoms with Crippen molar-refractivity contribution in [1.29, 1.82) is 0 Å². The lowest BCUT2D eigenvalue weighted by molar-refractivity contribution is 0.198. The monoisotopic (exact) mass is 156 g/mol. The van der Waals surface area contributed by atoms with Crippen molar-refractivity contribution < 1.29 is 5.21 Å². The van der Waals surface area contributed by atoms with E-state index in [1.807, 2.05) is 41.5 Å². The van der Waals surface area contributed by atoms with E-state index in [4.69, 9.17) is 0 Å². The fourth-order valence-corrected chi connectivity index (χ4v) is 1.40. The highest BCUT2D eigenvalue weighted by atomic mass is 16.4. The van der Waals surface area contributed by atoms with E-state index in [9.17, 15) is 5.21 Å². The molecule has 0 saturated heterocycles. The summed E-state index contributed by atoms with van der Waals surface area (Å²) in [5.41, 5.74) is 0.505. The van der Waals surface area contributed by atoms with Crippen molar-refractivity contribution in [2.45, 2.75) is 41.5 Å². The van der Waals surface area contributed by atoms with Gasteiger partial charge in [0, 0.05) is 10.8 Å². The Labute approximate surface area is 69.3 Å². The summed E-state index contributed by atoms with van der Waals surface area (Å²) in [5, 5.41) is 13.6. The zero-order chi connectivity index (χ0) is 9.28. The van der Waals surface area contributed by atoms with E-state index < -0.39 is 0 Å². The van der Waals surface area contributed by atoms with Crippen LogP contribution in [-0.2, 0) is 5.21 Å². The smallest absolute Gasteiger partial charge is 0.0730 e. The first-order valence-electron chi connectivity index (χ1n) is 3.91. The second-order valence-corrected chi connectivity index (χ2v) is 4.94. The highest BCUT2D eigenvalue weighted by Gasteiger charge is 2.30. The summed E-state index contributed by atoms with van der Waals surface area (Å²) >= 11 is 0. The van der Waals surface area contributed by atoms with Crippen LogP contribution in [0.15, 0.2) is 5.16 Å². The summed E-state index contributed by atoms with van der Waals surface area (Å²) in [6.07, 6.45) is 0. The molecule has 0 N–H and O–H groups in total. The molecule has 0 aromatic rings. The van der Waals surface area contributed by atoms with Crippen LogP contribution < -0.4 is 0 Å². The molecule has 0 aromatic carbocycles. The highest BCUT2D eigenvalue weighted by Crippen LogP contribution is 2.29. The largest absolute Gasteiger partial charge is 0.145 e. The Kier molecular flexibility index (Phi) is 2.70. The first-order chi connectivity index (χ1) is 4.69. The Morgan fingerprint density at radius 2 is 1.18 bits per heavy atom. The van der Waals surface area contributed by atoms with Crippen LogP contribution in [-0.4, -0.2) is 5.71 Å². The molecular weight excluding hydrogens is 138 g/mol. The lowest BCUT2D eigenvalue weighted by Crippen LogP contribution is -2.32. The topological polar surface area (TPSA) is 32.3 Å². The maximum Gasteiger partial charge on any atom is 0.0730 e. The second-order valence-electron chi connectivity index (χ2n) is 4.94. The molecule has 0 aliphatic heterocycles.